The fourth-order valence-corrected chi connectivity index (χ4v) is 3.36. The lowest BCUT2D eigenvalue weighted by atomic mass is 9.68. The summed E-state index contributed by atoms with van der Waals surface area (Å²) in [5.41, 5.74) is 5.47. The molecule has 1 atom stereocenters. The minimum atomic E-state index is -0.0379. The lowest BCUT2D eigenvalue weighted by Crippen LogP contribution is -2.44. The Bertz CT molecular complexity index is 547. The van der Waals surface area contributed by atoms with E-state index in [4.69, 9.17) is 17.4 Å². The Morgan fingerprint density at radius 2 is 1.57 bits per heavy atom. The van der Waals surface area contributed by atoms with E-state index in [1.807, 2.05) is 18.2 Å². The van der Waals surface area contributed by atoms with Crippen LogP contribution in [-0.4, -0.2) is 0 Å². The fraction of sp³-hybridized carbons (Fsp3) is 0.333. The number of nitrogens with two attached hydrogens (primary N) is 1. The van der Waals surface area contributed by atoms with Crippen LogP contribution in [0.5, 0.6) is 0 Å². The molecule has 2 rings (SSSR count). The van der Waals surface area contributed by atoms with Crippen molar-refractivity contribution in [2.75, 3.05) is 0 Å². The number of hydrogen-bond donors (Lipinski definition) is 2. The average Bonchev–Trinajstić information content (AvgIpc) is 2.55. The molecule has 0 saturated heterocycles. The molecule has 0 fully saturated rings. The van der Waals surface area contributed by atoms with Crippen molar-refractivity contribution in [1.29, 1.82) is 0 Å². The number of nitrogens with one attached hydrogen (secondary N) is 1. The van der Waals surface area contributed by atoms with Gasteiger partial charge in [-0.25, -0.2) is 0 Å². The lowest BCUT2D eigenvalue weighted by molar-refractivity contribution is 0.276. The third-order valence-electron chi connectivity index (χ3n) is 4.53. The van der Waals surface area contributed by atoms with Crippen molar-refractivity contribution in [2.45, 2.75) is 38.1 Å². The molecule has 0 amide bonds. The molecule has 0 aliphatic carbocycles. The first-order valence-electron chi connectivity index (χ1n) is 7.45. The van der Waals surface area contributed by atoms with E-state index < -0.39 is 0 Å². The summed E-state index contributed by atoms with van der Waals surface area (Å²) < 4.78 is 0. The van der Waals surface area contributed by atoms with E-state index in [2.05, 4.69) is 55.7 Å². The first kappa shape index (κ1) is 16.0. The molecule has 0 aliphatic rings. The Morgan fingerprint density at radius 1 is 1.00 bits per heavy atom. The van der Waals surface area contributed by atoms with Gasteiger partial charge in [0.05, 0.1) is 6.04 Å². The quantitative estimate of drug-likeness (QED) is 0.604. The van der Waals surface area contributed by atoms with Crippen LogP contribution in [0.1, 0.15) is 43.9 Å². The van der Waals surface area contributed by atoms with E-state index in [0.29, 0.717) is 0 Å². The standard InChI is InChI=1S/C18H23ClN2/c1-3-18(4-2,15-8-6-5-7-9-15)17(21-20)14-10-12-16(19)13-11-14/h5-13,17,21H,3-4,20H2,1-2H3. The van der Waals surface area contributed by atoms with Gasteiger partial charge in [0, 0.05) is 10.4 Å². The van der Waals surface area contributed by atoms with E-state index in [1.165, 1.54) is 5.56 Å². The summed E-state index contributed by atoms with van der Waals surface area (Å²) in [6.45, 7) is 4.44. The Morgan fingerprint density at radius 3 is 2.05 bits per heavy atom. The summed E-state index contributed by atoms with van der Waals surface area (Å²) in [6.07, 6.45) is 2.01. The topological polar surface area (TPSA) is 38.0 Å². The van der Waals surface area contributed by atoms with Crippen molar-refractivity contribution in [3.8, 4) is 0 Å². The molecule has 0 radical (unpaired) electrons. The highest BCUT2D eigenvalue weighted by Crippen LogP contribution is 2.42. The van der Waals surface area contributed by atoms with Crippen molar-refractivity contribution in [3.05, 3.63) is 70.7 Å². The normalized spacial score (nSPS) is 13.1. The van der Waals surface area contributed by atoms with Gasteiger partial charge in [-0.15, -0.1) is 0 Å². The maximum Gasteiger partial charge on any atom is 0.0556 e. The second-order valence-corrected chi connectivity index (χ2v) is 5.82. The Balaban J connectivity index is 2.51. The maximum atomic E-state index is 6.01. The molecule has 0 aliphatic heterocycles. The number of rotatable bonds is 6. The third-order valence-corrected chi connectivity index (χ3v) is 4.79. The second kappa shape index (κ2) is 7.08. The molecular weight excluding hydrogens is 280 g/mol. The van der Waals surface area contributed by atoms with Crippen LogP contribution in [0.3, 0.4) is 0 Å². The van der Waals surface area contributed by atoms with E-state index in [0.717, 1.165) is 23.4 Å². The van der Waals surface area contributed by atoms with Gasteiger partial charge < -0.3 is 0 Å². The van der Waals surface area contributed by atoms with Gasteiger partial charge in [0.2, 0.25) is 0 Å². The molecule has 0 aromatic heterocycles. The van der Waals surface area contributed by atoms with Gasteiger partial charge in [-0.05, 0) is 36.1 Å². The third kappa shape index (κ3) is 3.13. The molecule has 0 spiro atoms. The summed E-state index contributed by atoms with van der Waals surface area (Å²) >= 11 is 6.01. The van der Waals surface area contributed by atoms with Crippen molar-refractivity contribution >= 4 is 11.6 Å². The van der Waals surface area contributed by atoms with Crippen LogP contribution < -0.4 is 11.3 Å². The fourth-order valence-electron chi connectivity index (χ4n) is 3.23. The summed E-state index contributed by atoms with van der Waals surface area (Å²) in [4.78, 5) is 0. The Labute approximate surface area is 132 Å². The zero-order valence-corrected chi connectivity index (χ0v) is 13.4. The van der Waals surface area contributed by atoms with Crippen LogP contribution in [0.15, 0.2) is 54.6 Å². The van der Waals surface area contributed by atoms with Crippen molar-refractivity contribution in [1.82, 2.24) is 5.43 Å². The Kier molecular flexibility index (Phi) is 5.40. The zero-order chi connectivity index (χ0) is 15.3. The summed E-state index contributed by atoms with van der Waals surface area (Å²) in [5, 5.41) is 0.743. The van der Waals surface area contributed by atoms with E-state index in [-0.39, 0.29) is 11.5 Å². The van der Waals surface area contributed by atoms with Crippen LogP contribution >= 0.6 is 11.6 Å². The molecule has 2 nitrogen and oxygen atoms in total. The predicted molar refractivity (Wildman–Crippen MR) is 90.2 cm³/mol. The number of hydrogen-bond acceptors (Lipinski definition) is 2. The highest BCUT2D eigenvalue weighted by atomic mass is 35.5. The SMILES string of the molecule is CCC(CC)(c1ccccc1)C(NN)c1ccc(Cl)cc1. The van der Waals surface area contributed by atoms with Gasteiger partial charge in [0.15, 0.2) is 0 Å². The smallest absolute Gasteiger partial charge is 0.0556 e. The molecule has 3 N–H and O–H groups in total. The zero-order valence-electron chi connectivity index (χ0n) is 12.6. The predicted octanol–water partition coefficient (Wildman–Crippen LogP) is 4.60. The first-order chi connectivity index (χ1) is 10.2. The lowest BCUT2D eigenvalue weighted by Gasteiger charge is -2.40. The minimum Gasteiger partial charge on any atom is -0.271 e. The summed E-state index contributed by atoms with van der Waals surface area (Å²) in [7, 11) is 0. The molecule has 0 heterocycles. The van der Waals surface area contributed by atoms with Crippen LogP contribution in [0.25, 0.3) is 0 Å². The summed E-state index contributed by atoms with van der Waals surface area (Å²) in [5.74, 6) is 5.93. The van der Waals surface area contributed by atoms with Crippen molar-refractivity contribution in [2.24, 2.45) is 5.84 Å². The number of halogens is 1. The van der Waals surface area contributed by atoms with E-state index >= 15 is 0 Å². The number of hydrazine groups is 1. The van der Waals surface area contributed by atoms with Gasteiger partial charge >= 0.3 is 0 Å². The highest BCUT2D eigenvalue weighted by molar-refractivity contribution is 6.30. The molecule has 2 aromatic rings. The average molecular weight is 303 g/mol. The molecular formula is C18H23ClN2. The summed E-state index contributed by atoms with van der Waals surface area (Å²) in [6, 6.07) is 18.6. The minimum absolute atomic E-state index is 0.0379. The monoisotopic (exact) mass is 302 g/mol. The van der Waals surface area contributed by atoms with Gasteiger partial charge in [0.1, 0.15) is 0 Å². The van der Waals surface area contributed by atoms with Gasteiger partial charge in [-0.2, -0.15) is 0 Å². The van der Waals surface area contributed by atoms with Gasteiger partial charge in [-0.3, -0.25) is 11.3 Å². The molecule has 0 saturated carbocycles. The highest BCUT2D eigenvalue weighted by Gasteiger charge is 2.37. The van der Waals surface area contributed by atoms with E-state index in [9.17, 15) is 0 Å². The molecule has 21 heavy (non-hydrogen) atoms. The van der Waals surface area contributed by atoms with Gasteiger partial charge in [-0.1, -0.05) is 67.9 Å². The molecule has 3 heteroatoms. The number of benzene rings is 2. The second-order valence-electron chi connectivity index (χ2n) is 5.38. The van der Waals surface area contributed by atoms with Crippen LogP contribution in [0.2, 0.25) is 5.02 Å². The largest absolute Gasteiger partial charge is 0.271 e. The molecule has 2 aromatic carbocycles. The van der Waals surface area contributed by atoms with Crippen LogP contribution in [0.4, 0.5) is 0 Å². The van der Waals surface area contributed by atoms with Crippen LogP contribution in [0, 0.1) is 0 Å². The molecule has 0 bridgehead atoms. The molecule has 112 valence electrons. The van der Waals surface area contributed by atoms with E-state index in [1.54, 1.807) is 0 Å². The Hall–Kier alpha value is -1.35. The maximum absolute atomic E-state index is 6.01. The molecule has 1 unspecified atom stereocenters. The van der Waals surface area contributed by atoms with Gasteiger partial charge in [0.25, 0.3) is 0 Å². The van der Waals surface area contributed by atoms with Crippen molar-refractivity contribution < 1.29 is 0 Å². The first-order valence-corrected chi connectivity index (χ1v) is 7.83. The van der Waals surface area contributed by atoms with Crippen molar-refractivity contribution in [3.63, 3.8) is 0 Å². The van der Waals surface area contributed by atoms with Crippen LogP contribution in [-0.2, 0) is 5.41 Å².